The molecule has 4 amide bonds. The summed E-state index contributed by atoms with van der Waals surface area (Å²) in [4.78, 5) is 75.4. The number of amides is 4. The van der Waals surface area contributed by atoms with Crippen LogP contribution in [-0.2, 0) is 32.1 Å². The molecular weight excluding hydrogens is 896 g/mol. The zero-order valence-corrected chi connectivity index (χ0v) is 38.7. The minimum atomic E-state index is -0.817. The molecule has 1 saturated carbocycles. The summed E-state index contributed by atoms with van der Waals surface area (Å²) in [6, 6.07) is 18.2. The van der Waals surface area contributed by atoms with Gasteiger partial charge in [-0.3, -0.25) is 29.3 Å². The van der Waals surface area contributed by atoms with E-state index in [4.69, 9.17) is 23.9 Å². The Bertz CT molecular complexity index is 2700. The molecule has 4 heterocycles. The fraction of sp³-hybridized carbons (Fsp3) is 0.367. The zero-order chi connectivity index (χ0) is 47.8. The Morgan fingerprint density at radius 2 is 1.74 bits per heavy atom. The average molecular weight is 947 g/mol. The van der Waals surface area contributed by atoms with E-state index >= 15 is 0 Å². The molecule has 1 aliphatic carbocycles. The third kappa shape index (κ3) is 10.8. The summed E-state index contributed by atoms with van der Waals surface area (Å²) >= 11 is 1.45. The van der Waals surface area contributed by atoms with E-state index in [1.54, 1.807) is 61.7 Å². The topological polar surface area (TPSA) is 212 Å². The number of ketones is 1. The number of carbonyl (C=O) groups excluding carboxylic acids is 5. The number of aromatic nitrogens is 2. The minimum absolute atomic E-state index is 0.124. The molecule has 3 N–H and O–H groups in total. The lowest BCUT2D eigenvalue weighted by Gasteiger charge is -2.39. The Hall–Kier alpha value is -7.28. The maximum absolute atomic E-state index is 14.8. The van der Waals surface area contributed by atoms with Gasteiger partial charge in [-0.2, -0.15) is 10.2 Å². The third-order valence-corrected chi connectivity index (χ3v) is 13.1. The van der Waals surface area contributed by atoms with Gasteiger partial charge in [0, 0.05) is 72.9 Å². The highest BCUT2D eigenvalue weighted by atomic mass is 32.1. The van der Waals surface area contributed by atoms with Crippen molar-refractivity contribution >= 4 is 63.1 Å². The van der Waals surface area contributed by atoms with E-state index in [2.05, 4.69) is 31.2 Å². The van der Waals surface area contributed by atoms with Gasteiger partial charge < -0.3 is 34.5 Å². The second-order valence-electron chi connectivity index (χ2n) is 16.9. The number of Topliss-reactive ketones (excluding diaryl/α,β-unsaturated/α-hetero) is 1. The number of imide groups is 1. The van der Waals surface area contributed by atoms with Crippen LogP contribution in [0.3, 0.4) is 0 Å². The lowest BCUT2D eigenvalue weighted by molar-refractivity contribution is -0.137. The number of halogens is 1. The number of nitrogens with one attached hydrogen (secondary N) is 3. The first kappa shape index (κ1) is 47.2. The summed E-state index contributed by atoms with van der Waals surface area (Å²) in [6.45, 7) is 1.78. The predicted molar refractivity (Wildman–Crippen MR) is 249 cm³/mol. The van der Waals surface area contributed by atoms with Crippen LogP contribution in [0, 0.1) is 18.2 Å². The molecule has 17 nitrogen and oxygen atoms in total. The summed E-state index contributed by atoms with van der Waals surface area (Å²) in [5, 5.41) is 20.0. The normalized spacial score (nSPS) is 19.1. The molecule has 1 saturated heterocycles. The number of benzene rings is 3. The number of ether oxygens (including phenoxy) is 4. The largest absolute Gasteiger partial charge is 0.493 e. The van der Waals surface area contributed by atoms with E-state index in [0.29, 0.717) is 77.5 Å². The maximum Gasteiger partial charge on any atom is 0.255 e. The first-order chi connectivity index (χ1) is 32.9. The van der Waals surface area contributed by atoms with E-state index in [1.165, 1.54) is 30.5 Å². The van der Waals surface area contributed by atoms with Gasteiger partial charge >= 0.3 is 0 Å². The number of rotatable bonds is 19. The number of nitrogens with zero attached hydrogens (tertiary/aromatic N) is 5. The van der Waals surface area contributed by atoms with Crippen LogP contribution < -0.4 is 34.9 Å². The van der Waals surface area contributed by atoms with Crippen molar-refractivity contribution in [3.05, 3.63) is 107 Å². The number of methoxy groups -OCH3 is 2. The summed E-state index contributed by atoms with van der Waals surface area (Å²) in [6.07, 6.45) is 4.72. The molecule has 19 heteroatoms. The number of pyridine rings is 1. The lowest BCUT2D eigenvalue weighted by atomic mass is 9.69. The first-order valence-electron chi connectivity index (χ1n) is 22.3. The number of piperidine rings is 1. The fourth-order valence-corrected chi connectivity index (χ4v) is 9.30. The van der Waals surface area contributed by atoms with Crippen LogP contribution in [-0.4, -0.2) is 83.8 Å². The van der Waals surface area contributed by atoms with E-state index in [1.807, 2.05) is 23.6 Å². The maximum atomic E-state index is 14.8. The molecular formula is C49H51FN8O9S. The van der Waals surface area contributed by atoms with Crippen molar-refractivity contribution in [3.63, 3.8) is 0 Å². The van der Waals surface area contributed by atoms with Gasteiger partial charge in [0.1, 0.15) is 18.5 Å². The van der Waals surface area contributed by atoms with Gasteiger partial charge in [0.2, 0.25) is 23.5 Å². The van der Waals surface area contributed by atoms with Gasteiger partial charge in [-0.1, -0.05) is 24.3 Å². The van der Waals surface area contributed by atoms with E-state index in [-0.39, 0.29) is 97.4 Å². The molecule has 1 atom stereocenters. The monoisotopic (exact) mass is 946 g/mol. The number of hydrogen-bond acceptors (Lipinski definition) is 15. The Morgan fingerprint density at radius 1 is 0.971 bits per heavy atom. The van der Waals surface area contributed by atoms with Gasteiger partial charge in [-0.25, -0.2) is 14.4 Å². The predicted octanol–water partition coefficient (Wildman–Crippen LogP) is 8.02. The van der Waals surface area contributed by atoms with Gasteiger partial charge in [-0.15, -0.1) is 11.3 Å². The summed E-state index contributed by atoms with van der Waals surface area (Å²) < 4.78 is 38.1. The van der Waals surface area contributed by atoms with Crippen molar-refractivity contribution in [3.8, 4) is 23.0 Å². The Labute approximate surface area is 395 Å². The van der Waals surface area contributed by atoms with E-state index in [9.17, 15) is 28.4 Å². The second kappa shape index (κ2) is 21.1. The molecule has 2 aliphatic heterocycles. The van der Waals surface area contributed by atoms with Crippen molar-refractivity contribution in [1.29, 1.82) is 0 Å². The van der Waals surface area contributed by atoms with Crippen molar-refractivity contribution in [2.75, 3.05) is 32.7 Å². The average Bonchev–Trinajstić information content (AvgIpc) is 3.98. The molecule has 2 fully saturated rings. The SMILES string of the molecule is COc1cc(N=Nc2cccc3c2CN(C2CCC(=O)NC2=O)C3=O)cc(OC)c1OCC(=O)CCCNC(=O)C1(Cc2cccc(Nc3nccs3)n2)CCC(Oc2cccc(C)c2F)CC1. The first-order valence-corrected chi connectivity index (χ1v) is 23.2. The van der Waals surface area contributed by atoms with Gasteiger partial charge in [-0.05, 0) is 81.3 Å². The number of fused-ring (bicyclic) bond motifs is 1. The number of hydrogen-bond donors (Lipinski definition) is 3. The molecule has 2 aromatic heterocycles. The molecule has 1 unspecified atom stereocenters. The number of anilines is 2. The number of azo groups is 1. The van der Waals surface area contributed by atoms with Crippen LogP contribution in [0.1, 0.15) is 78.5 Å². The Morgan fingerprint density at radius 3 is 2.47 bits per heavy atom. The standard InChI is InChI=1S/C49H51FN8O9S/c1-29-8-4-13-38(43(29)50)67-33-17-19-49(20-18-33,26-30-9-5-14-41(53-30)54-48-52-22-23-68-48)47(63)51-21-7-10-32(59)28-66-44-39(64-2)24-31(25-40(44)65-3)56-57-36-12-6-11-34-35(36)27-58(46(34)62)37-15-16-42(60)55-45(37)61/h4-6,8-9,11-14,22-25,33,37H,7,10,15-21,26-28H2,1-3H3,(H,51,63)(H,52,53,54)(H,55,60,61). The molecule has 0 radical (unpaired) electrons. The third-order valence-electron chi connectivity index (χ3n) is 12.4. The van der Waals surface area contributed by atoms with Crippen molar-refractivity contribution in [2.24, 2.45) is 15.6 Å². The van der Waals surface area contributed by atoms with E-state index in [0.717, 1.165) is 5.69 Å². The number of carbonyl (C=O) groups is 5. The van der Waals surface area contributed by atoms with Gasteiger partial charge in [0.05, 0.1) is 37.1 Å². The minimum Gasteiger partial charge on any atom is -0.493 e. The lowest BCUT2D eigenvalue weighted by Crippen LogP contribution is -2.52. The Kier molecular flexibility index (Phi) is 14.7. The van der Waals surface area contributed by atoms with Crippen molar-refractivity contribution in [1.82, 2.24) is 25.5 Å². The molecule has 3 aliphatic rings. The van der Waals surface area contributed by atoms with Crippen LogP contribution in [0.5, 0.6) is 23.0 Å². The molecule has 8 rings (SSSR count). The molecule has 3 aromatic carbocycles. The van der Waals surface area contributed by atoms with Crippen molar-refractivity contribution in [2.45, 2.75) is 83.4 Å². The van der Waals surface area contributed by atoms with E-state index < -0.39 is 17.4 Å². The number of thiazole rings is 1. The number of aryl methyl sites for hydroxylation is 1. The van der Waals surface area contributed by atoms with Crippen LogP contribution in [0.25, 0.3) is 0 Å². The summed E-state index contributed by atoms with van der Waals surface area (Å²) in [5.41, 5.74) is 2.19. The highest BCUT2D eigenvalue weighted by Gasteiger charge is 2.43. The molecule has 68 heavy (non-hydrogen) atoms. The highest BCUT2D eigenvalue weighted by Crippen LogP contribution is 2.43. The van der Waals surface area contributed by atoms with Gasteiger partial charge in [0.15, 0.2) is 34.0 Å². The van der Waals surface area contributed by atoms with Crippen LogP contribution in [0.4, 0.5) is 26.7 Å². The molecule has 0 bridgehead atoms. The quantitative estimate of drug-likeness (QED) is 0.0408. The van der Waals surface area contributed by atoms with Crippen LogP contribution in [0.15, 0.2) is 88.5 Å². The van der Waals surface area contributed by atoms with Crippen LogP contribution in [0.2, 0.25) is 0 Å². The highest BCUT2D eigenvalue weighted by molar-refractivity contribution is 7.13. The van der Waals surface area contributed by atoms with Crippen LogP contribution >= 0.6 is 11.3 Å². The fourth-order valence-electron chi connectivity index (χ4n) is 8.77. The second-order valence-corrected chi connectivity index (χ2v) is 17.8. The molecule has 0 spiro atoms. The Balaban J connectivity index is 0.868. The molecule has 354 valence electrons. The van der Waals surface area contributed by atoms with Crippen molar-refractivity contribution < 1.29 is 47.3 Å². The smallest absolute Gasteiger partial charge is 0.255 e. The van der Waals surface area contributed by atoms with Gasteiger partial charge in [0.25, 0.3) is 5.91 Å². The molecule has 5 aromatic rings. The summed E-state index contributed by atoms with van der Waals surface area (Å²) in [5.74, 6) is -0.449. The summed E-state index contributed by atoms with van der Waals surface area (Å²) in [7, 11) is 2.88. The zero-order valence-electron chi connectivity index (χ0n) is 37.8.